The Bertz CT molecular complexity index is 1720. The molecule has 0 aliphatic rings. The Morgan fingerprint density at radius 1 is 1.00 bits per heavy atom. The molecule has 3 heterocycles. The van der Waals surface area contributed by atoms with E-state index in [1.165, 1.54) is 7.11 Å². The molecule has 0 fully saturated rings. The van der Waals surface area contributed by atoms with E-state index in [4.69, 9.17) is 0 Å². The Morgan fingerprint density at radius 2 is 1.77 bits per heavy atom. The number of aryl methyl sites for hydroxylation is 1. The molecule has 0 bridgehead atoms. The third-order valence-corrected chi connectivity index (χ3v) is 6.62. The van der Waals surface area contributed by atoms with Gasteiger partial charge in [-0.2, -0.15) is 0 Å². The summed E-state index contributed by atoms with van der Waals surface area (Å²) in [5, 5.41) is 14.2. The predicted molar refractivity (Wildman–Crippen MR) is 144 cm³/mol. The average Bonchev–Trinajstić information content (AvgIpc) is 3.60. The highest BCUT2D eigenvalue weighted by molar-refractivity contribution is 5.80. The van der Waals surface area contributed by atoms with Crippen LogP contribution in [0, 0.1) is 0 Å². The number of aromatic amines is 2. The lowest BCUT2D eigenvalue weighted by Gasteiger charge is -2.12. The molecule has 0 saturated carbocycles. The minimum Gasteiger partial charge on any atom is -0.468 e. The second kappa shape index (κ2) is 11.3. The van der Waals surface area contributed by atoms with Crippen molar-refractivity contribution in [3.05, 3.63) is 80.8 Å². The Kier molecular flexibility index (Phi) is 7.43. The Labute approximate surface area is 222 Å². The standard InChI is InChI=1S/C27H28N8O4/c1-3-4-5-10-21-28-25-23(26(37)35(27(38)29-25)16-22(36)39-2)34(21)15-17-11-13-18(14-12-17)19-8-6-7-9-20(19)24-30-32-33-31-24/h6-9,11-14H,3-5,10,15-16H2,1-2H3,(H,29,38)(H,30,31,32,33). The molecule has 0 spiro atoms. The number of ether oxygens (including phenoxy) is 1. The van der Waals surface area contributed by atoms with Crippen molar-refractivity contribution in [2.24, 2.45) is 0 Å². The molecule has 3 aromatic heterocycles. The number of H-pyrrole nitrogens is 2. The summed E-state index contributed by atoms with van der Waals surface area (Å²) in [6.45, 7) is 2.00. The topological polar surface area (TPSA) is 153 Å². The van der Waals surface area contributed by atoms with Gasteiger partial charge in [-0.15, -0.1) is 5.10 Å². The summed E-state index contributed by atoms with van der Waals surface area (Å²) in [6, 6.07) is 15.8. The van der Waals surface area contributed by atoms with Gasteiger partial charge in [0.25, 0.3) is 5.56 Å². The molecule has 0 atom stereocenters. The van der Waals surface area contributed by atoms with Crippen LogP contribution in [0.25, 0.3) is 33.7 Å². The number of aromatic nitrogens is 8. The second-order valence-electron chi connectivity index (χ2n) is 9.16. The fourth-order valence-electron chi connectivity index (χ4n) is 4.61. The van der Waals surface area contributed by atoms with E-state index < -0.39 is 23.8 Å². The van der Waals surface area contributed by atoms with Crippen LogP contribution in [0.2, 0.25) is 0 Å². The van der Waals surface area contributed by atoms with Crippen LogP contribution < -0.4 is 11.2 Å². The Balaban J connectivity index is 1.53. The zero-order valence-electron chi connectivity index (χ0n) is 21.7. The zero-order chi connectivity index (χ0) is 27.4. The van der Waals surface area contributed by atoms with E-state index in [1.54, 1.807) is 0 Å². The van der Waals surface area contributed by atoms with E-state index in [1.807, 2.05) is 53.1 Å². The molecule has 0 aliphatic carbocycles. The normalized spacial score (nSPS) is 11.2. The molecular formula is C27H28N8O4. The number of esters is 1. The van der Waals surface area contributed by atoms with Crippen molar-refractivity contribution in [2.45, 2.75) is 45.7 Å². The number of hydrogen-bond acceptors (Lipinski definition) is 8. The van der Waals surface area contributed by atoms with Crippen LogP contribution in [0.1, 0.15) is 37.6 Å². The third-order valence-electron chi connectivity index (χ3n) is 6.62. The molecular weight excluding hydrogens is 500 g/mol. The number of nitrogens with zero attached hydrogens (tertiary/aromatic N) is 6. The largest absolute Gasteiger partial charge is 0.468 e. The first-order valence-corrected chi connectivity index (χ1v) is 12.7. The summed E-state index contributed by atoms with van der Waals surface area (Å²) in [7, 11) is 1.21. The van der Waals surface area contributed by atoms with Crippen molar-refractivity contribution >= 4 is 17.1 Å². The number of unbranched alkanes of at least 4 members (excludes halogenated alkanes) is 2. The van der Waals surface area contributed by atoms with Crippen LogP contribution in [0.3, 0.4) is 0 Å². The van der Waals surface area contributed by atoms with E-state index >= 15 is 0 Å². The third kappa shape index (κ3) is 5.26. The monoisotopic (exact) mass is 528 g/mol. The lowest BCUT2D eigenvalue weighted by molar-refractivity contribution is -0.141. The minimum atomic E-state index is -0.701. The number of carbonyl (C=O) groups excluding carboxylic acids is 1. The summed E-state index contributed by atoms with van der Waals surface area (Å²) in [5.74, 6) is 0.593. The number of hydrogen-bond donors (Lipinski definition) is 2. The Hall–Kier alpha value is -4.87. The molecule has 12 heteroatoms. The molecule has 0 saturated heterocycles. The van der Waals surface area contributed by atoms with Crippen molar-refractivity contribution in [2.75, 3.05) is 7.11 Å². The number of rotatable bonds is 10. The van der Waals surface area contributed by atoms with Crippen LogP contribution in [0.4, 0.5) is 0 Å². The van der Waals surface area contributed by atoms with Gasteiger partial charge in [0.15, 0.2) is 17.0 Å². The molecule has 2 N–H and O–H groups in total. The zero-order valence-corrected chi connectivity index (χ0v) is 21.7. The minimum absolute atomic E-state index is 0.212. The maximum atomic E-state index is 13.4. The van der Waals surface area contributed by atoms with Gasteiger partial charge in [-0.05, 0) is 33.5 Å². The molecule has 0 unspecified atom stereocenters. The molecule has 0 radical (unpaired) electrons. The Morgan fingerprint density at radius 3 is 2.46 bits per heavy atom. The summed E-state index contributed by atoms with van der Waals surface area (Å²) >= 11 is 0. The van der Waals surface area contributed by atoms with Gasteiger partial charge in [0.05, 0.1) is 7.11 Å². The average molecular weight is 529 g/mol. The first-order valence-electron chi connectivity index (χ1n) is 12.7. The van der Waals surface area contributed by atoms with E-state index in [0.717, 1.165) is 46.1 Å². The summed E-state index contributed by atoms with van der Waals surface area (Å²) < 4.78 is 7.35. The number of methoxy groups -OCH3 is 1. The molecule has 39 heavy (non-hydrogen) atoms. The summed E-state index contributed by atoms with van der Waals surface area (Å²) in [5.41, 5.74) is 2.95. The van der Waals surface area contributed by atoms with Gasteiger partial charge < -0.3 is 9.30 Å². The van der Waals surface area contributed by atoms with Crippen molar-refractivity contribution in [1.29, 1.82) is 0 Å². The number of benzene rings is 2. The van der Waals surface area contributed by atoms with E-state index in [-0.39, 0.29) is 11.2 Å². The molecule has 200 valence electrons. The fourth-order valence-corrected chi connectivity index (χ4v) is 4.61. The van der Waals surface area contributed by atoms with E-state index in [9.17, 15) is 14.4 Å². The van der Waals surface area contributed by atoms with Crippen LogP contribution in [0.15, 0.2) is 58.1 Å². The van der Waals surface area contributed by atoms with Crippen LogP contribution in [-0.2, 0) is 29.0 Å². The van der Waals surface area contributed by atoms with Gasteiger partial charge in [-0.1, -0.05) is 68.3 Å². The first kappa shape index (κ1) is 25.8. The maximum Gasteiger partial charge on any atom is 0.330 e. The van der Waals surface area contributed by atoms with Crippen LogP contribution in [-0.4, -0.2) is 52.8 Å². The summed E-state index contributed by atoms with van der Waals surface area (Å²) in [4.78, 5) is 45.1. The first-order chi connectivity index (χ1) is 19.0. The summed E-state index contributed by atoms with van der Waals surface area (Å²) in [6.07, 6.45) is 3.60. The maximum absolute atomic E-state index is 13.4. The molecule has 5 rings (SSSR count). The number of nitrogens with one attached hydrogen (secondary N) is 2. The van der Waals surface area contributed by atoms with Crippen molar-refractivity contribution in [3.63, 3.8) is 0 Å². The molecule has 12 nitrogen and oxygen atoms in total. The van der Waals surface area contributed by atoms with E-state index in [0.29, 0.717) is 24.6 Å². The van der Waals surface area contributed by atoms with Gasteiger partial charge in [-0.3, -0.25) is 14.6 Å². The number of fused-ring (bicyclic) bond motifs is 1. The quantitative estimate of drug-likeness (QED) is 0.207. The lowest BCUT2D eigenvalue weighted by atomic mass is 9.98. The van der Waals surface area contributed by atoms with E-state index in [2.05, 4.69) is 42.3 Å². The fraction of sp³-hybridized carbons (Fsp3) is 0.296. The van der Waals surface area contributed by atoms with Gasteiger partial charge >= 0.3 is 11.7 Å². The van der Waals surface area contributed by atoms with Gasteiger partial charge in [-0.25, -0.2) is 19.4 Å². The van der Waals surface area contributed by atoms with Crippen molar-refractivity contribution in [1.82, 2.24) is 39.7 Å². The molecule has 2 aromatic carbocycles. The predicted octanol–water partition coefficient (Wildman–Crippen LogP) is 2.69. The number of tetrazole rings is 1. The molecule has 0 amide bonds. The lowest BCUT2D eigenvalue weighted by Crippen LogP contribution is -2.38. The number of carbonyl (C=O) groups is 1. The van der Waals surface area contributed by atoms with Crippen molar-refractivity contribution < 1.29 is 9.53 Å². The highest BCUT2D eigenvalue weighted by Crippen LogP contribution is 2.30. The highest BCUT2D eigenvalue weighted by atomic mass is 16.5. The molecule has 5 aromatic rings. The SMILES string of the molecule is CCCCCc1nc2[nH]c(=O)n(CC(=O)OC)c(=O)c2n1Cc1ccc(-c2ccccc2-c2nnn[nH]2)cc1. The van der Waals surface area contributed by atoms with Gasteiger partial charge in [0.2, 0.25) is 0 Å². The van der Waals surface area contributed by atoms with Crippen molar-refractivity contribution in [3.8, 4) is 22.5 Å². The smallest absolute Gasteiger partial charge is 0.330 e. The number of imidazole rings is 1. The van der Waals surface area contributed by atoms with Crippen LogP contribution >= 0.6 is 0 Å². The molecule has 0 aliphatic heterocycles. The van der Waals surface area contributed by atoms with Gasteiger partial charge in [0.1, 0.15) is 12.4 Å². The second-order valence-corrected chi connectivity index (χ2v) is 9.16. The van der Waals surface area contributed by atoms with Crippen LogP contribution in [0.5, 0.6) is 0 Å². The van der Waals surface area contributed by atoms with Gasteiger partial charge in [0, 0.05) is 18.5 Å². The highest BCUT2D eigenvalue weighted by Gasteiger charge is 2.20.